The summed E-state index contributed by atoms with van der Waals surface area (Å²) in [4.78, 5) is 24.2. The molecule has 0 spiro atoms. The summed E-state index contributed by atoms with van der Waals surface area (Å²) < 4.78 is 6.65. The van der Waals surface area contributed by atoms with Gasteiger partial charge in [0.05, 0.1) is 17.5 Å². The normalized spacial score (nSPS) is 10.6. The van der Waals surface area contributed by atoms with Crippen LogP contribution in [0.4, 0.5) is 0 Å². The first-order valence-electron chi connectivity index (χ1n) is 6.82. The Kier molecular flexibility index (Phi) is 3.47. The molecule has 0 saturated heterocycles. The number of carbonyl (C=O) groups is 2. The second kappa shape index (κ2) is 5.44. The Labute approximate surface area is 127 Å². The summed E-state index contributed by atoms with van der Waals surface area (Å²) in [6.45, 7) is 3.38. The van der Waals surface area contributed by atoms with E-state index in [2.05, 4.69) is 5.10 Å². The van der Waals surface area contributed by atoms with Crippen LogP contribution in [-0.2, 0) is 0 Å². The smallest absolute Gasteiger partial charge is 0.232 e. The SMILES string of the molecule is CC(=O)c1nn(-c2ccc(C)cc2)cc1C(=O)c1ccco1. The molecule has 5 nitrogen and oxygen atoms in total. The molecule has 0 N–H and O–H groups in total. The molecule has 2 aromatic heterocycles. The van der Waals surface area contributed by atoms with Crippen molar-refractivity contribution in [2.45, 2.75) is 13.8 Å². The fourth-order valence-electron chi connectivity index (χ4n) is 2.17. The number of furan rings is 1. The summed E-state index contributed by atoms with van der Waals surface area (Å²) in [5.41, 5.74) is 2.28. The molecular formula is C17H14N2O3. The first-order chi connectivity index (χ1) is 10.6. The molecule has 0 aliphatic heterocycles. The molecule has 3 aromatic rings. The van der Waals surface area contributed by atoms with E-state index >= 15 is 0 Å². The summed E-state index contributed by atoms with van der Waals surface area (Å²) in [5.74, 6) is -0.430. The number of benzene rings is 1. The van der Waals surface area contributed by atoms with Crippen LogP contribution in [0, 0.1) is 6.92 Å². The van der Waals surface area contributed by atoms with Crippen LogP contribution in [0.1, 0.15) is 39.1 Å². The molecule has 0 unspecified atom stereocenters. The lowest BCUT2D eigenvalue weighted by atomic mass is 10.1. The van der Waals surface area contributed by atoms with Gasteiger partial charge in [0.1, 0.15) is 5.69 Å². The van der Waals surface area contributed by atoms with Crippen LogP contribution in [-0.4, -0.2) is 21.3 Å². The Bertz CT molecular complexity index is 827. The van der Waals surface area contributed by atoms with E-state index in [0.29, 0.717) is 0 Å². The van der Waals surface area contributed by atoms with Crippen LogP contribution in [0.5, 0.6) is 0 Å². The van der Waals surface area contributed by atoms with E-state index in [0.717, 1.165) is 11.3 Å². The molecule has 0 aliphatic rings. The van der Waals surface area contributed by atoms with Gasteiger partial charge in [0.15, 0.2) is 11.5 Å². The lowest BCUT2D eigenvalue weighted by Crippen LogP contribution is -2.05. The Balaban J connectivity index is 2.08. The average molecular weight is 294 g/mol. The number of rotatable bonds is 4. The summed E-state index contributed by atoms with van der Waals surface area (Å²) in [5, 5.41) is 4.25. The van der Waals surface area contributed by atoms with Crippen molar-refractivity contribution in [2.75, 3.05) is 0 Å². The maximum absolute atomic E-state index is 12.4. The van der Waals surface area contributed by atoms with Gasteiger partial charge < -0.3 is 4.42 Å². The summed E-state index contributed by atoms with van der Waals surface area (Å²) in [6, 6.07) is 10.8. The van der Waals surface area contributed by atoms with Crippen LogP contribution in [0.2, 0.25) is 0 Å². The van der Waals surface area contributed by atoms with Gasteiger partial charge in [-0.25, -0.2) is 4.68 Å². The van der Waals surface area contributed by atoms with Crippen molar-refractivity contribution in [1.82, 2.24) is 9.78 Å². The molecule has 2 heterocycles. The van der Waals surface area contributed by atoms with Gasteiger partial charge in [-0.2, -0.15) is 5.10 Å². The maximum Gasteiger partial charge on any atom is 0.232 e. The van der Waals surface area contributed by atoms with Crippen LogP contribution in [0.15, 0.2) is 53.3 Å². The minimum atomic E-state index is -0.353. The first kappa shape index (κ1) is 14.0. The van der Waals surface area contributed by atoms with Gasteiger partial charge >= 0.3 is 0 Å². The van der Waals surface area contributed by atoms with Gasteiger partial charge in [0, 0.05) is 13.1 Å². The number of hydrogen-bond donors (Lipinski definition) is 0. The number of aryl methyl sites for hydroxylation is 1. The Morgan fingerprint density at radius 3 is 2.45 bits per heavy atom. The zero-order valence-electron chi connectivity index (χ0n) is 12.2. The molecule has 0 fully saturated rings. The number of aromatic nitrogens is 2. The van der Waals surface area contributed by atoms with Gasteiger partial charge in [-0.1, -0.05) is 17.7 Å². The van der Waals surface area contributed by atoms with E-state index < -0.39 is 0 Å². The van der Waals surface area contributed by atoms with Crippen molar-refractivity contribution >= 4 is 11.6 Å². The van der Waals surface area contributed by atoms with E-state index in [4.69, 9.17) is 4.42 Å². The quantitative estimate of drug-likeness (QED) is 0.693. The van der Waals surface area contributed by atoms with E-state index in [1.807, 2.05) is 31.2 Å². The van der Waals surface area contributed by atoms with Gasteiger partial charge in [0.2, 0.25) is 5.78 Å². The Hall–Kier alpha value is -2.95. The van der Waals surface area contributed by atoms with Crippen LogP contribution < -0.4 is 0 Å². The van der Waals surface area contributed by atoms with Crippen LogP contribution >= 0.6 is 0 Å². The van der Waals surface area contributed by atoms with Crippen molar-refractivity contribution in [3.63, 3.8) is 0 Å². The van der Waals surface area contributed by atoms with Gasteiger partial charge in [-0.15, -0.1) is 0 Å². The highest BCUT2D eigenvalue weighted by Gasteiger charge is 2.22. The molecule has 0 saturated carbocycles. The van der Waals surface area contributed by atoms with E-state index in [1.165, 1.54) is 17.9 Å². The predicted molar refractivity (Wildman–Crippen MR) is 80.4 cm³/mol. The second-order valence-corrected chi connectivity index (χ2v) is 5.03. The number of nitrogens with zero attached hydrogens (tertiary/aromatic N) is 2. The molecular weight excluding hydrogens is 280 g/mol. The third-order valence-electron chi connectivity index (χ3n) is 3.34. The molecule has 0 amide bonds. The zero-order chi connectivity index (χ0) is 15.7. The summed E-state index contributed by atoms with van der Waals surface area (Å²) in [7, 11) is 0. The molecule has 22 heavy (non-hydrogen) atoms. The largest absolute Gasteiger partial charge is 0.461 e. The Morgan fingerprint density at radius 2 is 1.86 bits per heavy atom. The average Bonchev–Trinajstić information content (AvgIpc) is 3.17. The van der Waals surface area contributed by atoms with E-state index in [9.17, 15) is 9.59 Å². The molecule has 0 atom stereocenters. The monoisotopic (exact) mass is 294 g/mol. The standard InChI is InChI=1S/C17H14N2O3/c1-11-5-7-13(8-6-11)19-10-14(16(18-19)12(2)20)17(21)15-4-3-9-22-15/h3-10H,1-2H3. The van der Waals surface area contributed by atoms with Crippen molar-refractivity contribution < 1.29 is 14.0 Å². The van der Waals surface area contributed by atoms with E-state index in [-0.39, 0.29) is 28.6 Å². The number of hydrogen-bond acceptors (Lipinski definition) is 4. The molecule has 5 heteroatoms. The predicted octanol–water partition coefficient (Wildman–Crippen LogP) is 3.21. The topological polar surface area (TPSA) is 65.1 Å². The molecule has 1 aromatic carbocycles. The molecule has 110 valence electrons. The lowest BCUT2D eigenvalue weighted by Gasteiger charge is -2.00. The van der Waals surface area contributed by atoms with Crippen molar-refractivity contribution in [3.8, 4) is 5.69 Å². The van der Waals surface area contributed by atoms with Crippen molar-refractivity contribution in [1.29, 1.82) is 0 Å². The summed E-state index contributed by atoms with van der Waals surface area (Å²) in [6.07, 6.45) is 2.98. The molecule has 0 aliphatic carbocycles. The number of Topliss-reactive ketones (excluding diaryl/α,β-unsaturated/α-hetero) is 1. The number of carbonyl (C=O) groups excluding carboxylic acids is 2. The fraction of sp³-hybridized carbons (Fsp3) is 0.118. The highest BCUT2D eigenvalue weighted by molar-refractivity contribution is 6.13. The Morgan fingerprint density at radius 1 is 1.14 bits per heavy atom. The second-order valence-electron chi connectivity index (χ2n) is 5.03. The van der Waals surface area contributed by atoms with Gasteiger partial charge in [0.25, 0.3) is 0 Å². The zero-order valence-corrected chi connectivity index (χ0v) is 12.2. The van der Waals surface area contributed by atoms with E-state index in [1.54, 1.807) is 18.3 Å². The summed E-state index contributed by atoms with van der Waals surface area (Å²) >= 11 is 0. The maximum atomic E-state index is 12.4. The van der Waals surface area contributed by atoms with Gasteiger partial charge in [-0.3, -0.25) is 9.59 Å². The highest BCUT2D eigenvalue weighted by atomic mass is 16.3. The van der Waals surface area contributed by atoms with Crippen LogP contribution in [0.3, 0.4) is 0 Å². The van der Waals surface area contributed by atoms with Crippen molar-refractivity contribution in [2.24, 2.45) is 0 Å². The fourth-order valence-corrected chi connectivity index (χ4v) is 2.17. The third kappa shape index (κ3) is 2.48. The van der Waals surface area contributed by atoms with Crippen molar-refractivity contribution in [3.05, 3.63) is 71.4 Å². The lowest BCUT2D eigenvalue weighted by molar-refractivity contribution is 0.0977. The van der Waals surface area contributed by atoms with Gasteiger partial charge in [-0.05, 0) is 31.2 Å². The minimum absolute atomic E-state index is 0.141. The minimum Gasteiger partial charge on any atom is -0.461 e. The number of ketones is 2. The molecule has 3 rings (SSSR count). The molecule has 0 radical (unpaired) electrons. The third-order valence-corrected chi connectivity index (χ3v) is 3.34. The molecule has 0 bridgehead atoms. The first-order valence-corrected chi connectivity index (χ1v) is 6.82. The van der Waals surface area contributed by atoms with Crippen LogP contribution in [0.25, 0.3) is 5.69 Å². The highest BCUT2D eigenvalue weighted by Crippen LogP contribution is 2.18.